The molecule has 2 rings (SSSR count). The quantitative estimate of drug-likeness (QED) is 0.561. The Labute approximate surface area is 134 Å². The molecule has 0 saturated heterocycles. The van der Waals surface area contributed by atoms with Crippen LogP contribution in [0.15, 0.2) is 46.8 Å². The van der Waals surface area contributed by atoms with Crippen LogP contribution in [0.2, 0.25) is 0 Å². The van der Waals surface area contributed by atoms with E-state index in [9.17, 15) is 4.79 Å². The van der Waals surface area contributed by atoms with Crippen LogP contribution in [0, 0.1) is 0 Å². The number of nitrogens with zero attached hydrogens (tertiary/aromatic N) is 1. The van der Waals surface area contributed by atoms with Gasteiger partial charge in [-0.05, 0) is 35.6 Å². The second-order valence-corrected chi connectivity index (χ2v) is 5.78. The maximum Gasteiger partial charge on any atom is 0.248 e. The third-order valence-electron chi connectivity index (χ3n) is 3.14. The standard InChI is InChI=1S/C16H20N4OS/c1-18-16(19-8-7-14-6-3-9-22-14)20-11-12-4-2-5-13(10-12)15(17)21/h2-6,9-10H,7-8,11H2,1H3,(H2,17,21)(H2,18,19,20). The van der Waals surface area contributed by atoms with Crippen LogP contribution in [0.3, 0.4) is 0 Å². The molecule has 0 saturated carbocycles. The fraction of sp³-hybridized carbons (Fsp3) is 0.250. The molecule has 1 heterocycles. The maximum atomic E-state index is 11.2. The van der Waals surface area contributed by atoms with E-state index in [1.807, 2.05) is 12.1 Å². The summed E-state index contributed by atoms with van der Waals surface area (Å²) in [4.78, 5) is 16.7. The normalized spacial score (nSPS) is 11.2. The van der Waals surface area contributed by atoms with Crippen LogP contribution in [0.1, 0.15) is 20.8 Å². The highest BCUT2D eigenvalue weighted by molar-refractivity contribution is 7.09. The minimum absolute atomic E-state index is 0.416. The number of thiophene rings is 1. The van der Waals surface area contributed by atoms with E-state index in [4.69, 9.17) is 5.73 Å². The van der Waals surface area contributed by atoms with Gasteiger partial charge in [-0.3, -0.25) is 9.79 Å². The molecule has 116 valence electrons. The predicted octanol–water partition coefficient (Wildman–Crippen LogP) is 1.75. The first-order chi connectivity index (χ1) is 10.7. The number of hydrogen-bond acceptors (Lipinski definition) is 3. The molecule has 22 heavy (non-hydrogen) atoms. The van der Waals surface area contributed by atoms with E-state index in [1.165, 1.54) is 4.88 Å². The van der Waals surface area contributed by atoms with Gasteiger partial charge in [0.2, 0.25) is 5.91 Å². The minimum atomic E-state index is -0.416. The van der Waals surface area contributed by atoms with Crippen molar-refractivity contribution >= 4 is 23.2 Å². The molecule has 6 heteroatoms. The number of nitrogens with one attached hydrogen (secondary N) is 2. The number of carbonyl (C=O) groups excluding carboxylic acids is 1. The van der Waals surface area contributed by atoms with Crippen molar-refractivity contribution in [1.29, 1.82) is 0 Å². The highest BCUT2D eigenvalue weighted by atomic mass is 32.1. The molecule has 0 aliphatic rings. The minimum Gasteiger partial charge on any atom is -0.366 e. The van der Waals surface area contributed by atoms with E-state index in [1.54, 1.807) is 30.5 Å². The second-order valence-electron chi connectivity index (χ2n) is 4.75. The van der Waals surface area contributed by atoms with Gasteiger partial charge in [-0.1, -0.05) is 18.2 Å². The fourth-order valence-corrected chi connectivity index (χ4v) is 2.71. The molecule has 0 atom stereocenters. The van der Waals surface area contributed by atoms with Crippen molar-refractivity contribution in [3.8, 4) is 0 Å². The van der Waals surface area contributed by atoms with Crippen molar-refractivity contribution in [3.63, 3.8) is 0 Å². The first-order valence-electron chi connectivity index (χ1n) is 7.04. The molecule has 0 aliphatic heterocycles. The van der Waals surface area contributed by atoms with Crippen LogP contribution < -0.4 is 16.4 Å². The summed E-state index contributed by atoms with van der Waals surface area (Å²) in [5.41, 5.74) is 6.78. The summed E-state index contributed by atoms with van der Waals surface area (Å²) in [5, 5.41) is 8.57. The van der Waals surface area contributed by atoms with Gasteiger partial charge in [-0.25, -0.2) is 0 Å². The molecule has 0 radical (unpaired) electrons. The fourth-order valence-electron chi connectivity index (χ4n) is 2.00. The lowest BCUT2D eigenvalue weighted by molar-refractivity contribution is 0.1000. The average molecular weight is 316 g/mol. The number of primary amides is 1. The smallest absolute Gasteiger partial charge is 0.248 e. The van der Waals surface area contributed by atoms with Gasteiger partial charge < -0.3 is 16.4 Å². The van der Waals surface area contributed by atoms with Gasteiger partial charge in [0.15, 0.2) is 5.96 Å². The van der Waals surface area contributed by atoms with Gasteiger partial charge in [-0.2, -0.15) is 0 Å². The van der Waals surface area contributed by atoms with Crippen molar-refractivity contribution in [3.05, 3.63) is 57.8 Å². The summed E-state index contributed by atoms with van der Waals surface area (Å²) in [7, 11) is 1.74. The molecule has 1 aromatic heterocycles. The van der Waals surface area contributed by atoms with Gasteiger partial charge in [-0.15, -0.1) is 11.3 Å². The second kappa shape index (κ2) is 8.19. The number of rotatable bonds is 6. The zero-order valence-electron chi connectivity index (χ0n) is 12.5. The molecule has 0 aliphatic carbocycles. The van der Waals surface area contributed by atoms with Gasteiger partial charge in [0, 0.05) is 30.6 Å². The lowest BCUT2D eigenvalue weighted by Gasteiger charge is -2.12. The zero-order chi connectivity index (χ0) is 15.8. The molecular weight excluding hydrogens is 296 g/mol. The van der Waals surface area contributed by atoms with E-state index < -0.39 is 5.91 Å². The number of carbonyl (C=O) groups is 1. The summed E-state index contributed by atoms with van der Waals surface area (Å²) in [6.07, 6.45) is 0.968. The van der Waals surface area contributed by atoms with Gasteiger partial charge >= 0.3 is 0 Å². The van der Waals surface area contributed by atoms with Gasteiger partial charge in [0.05, 0.1) is 0 Å². The highest BCUT2D eigenvalue weighted by Gasteiger charge is 2.03. The molecular formula is C16H20N4OS. The number of benzene rings is 1. The molecule has 0 fully saturated rings. The Kier molecular flexibility index (Phi) is 5.97. The summed E-state index contributed by atoms with van der Waals surface area (Å²) in [6, 6.07) is 11.4. The summed E-state index contributed by atoms with van der Waals surface area (Å²) >= 11 is 1.75. The Morgan fingerprint density at radius 1 is 1.27 bits per heavy atom. The predicted molar refractivity (Wildman–Crippen MR) is 91.2 cm³/mol. The Balaban J connectivity index is 1.81. The van der Waals surface area contributed by atoms with Crippen LogP contribution in [0.5, 0.6) is 0 Å². The topological polar surface area (TPSA) is 79.5 Å². The molecule has 4 N–H and O–H groups in total. The third-order valence-corrected chi connectivity index (χ3v) is 4.08. The molecule has 2 aromatic rings. The van der Waals surface area contributed by atoms with E-state index in [0.29, 0.717) is 12.1 Å². The number of guanidine groups is 1. The van der Waals surface area contributed by atoms with Crippen molar-refractivity contribution in [2.45, 2.75) is 13.0 Å². The number of aliphatic imine (C=N–C) groups is 1. The Hall–Kier alpha value is -2.34. The van der Waals surface area contributed by atoms with Crippen molar-refractivity contribution < 1.29 is 4.79 Å². The summed E-state index contributed by atoms with van der Waals surface area (Å²) < 4.78 is 0. The lowest BCUT2D eigenvalue weighted by atomic mass is 10.1. The summed E-state index contributed by atoms with van der Waals surface area (Å²) in [6.45, 7) is 1.40. The Bertz CT molecular complexity index is 637. The zero-order valence-corrected chi connectivity index (χ0v) is 13.3. The first-order valence-corrected chi connectivity index (χ1v) is 7.92. The van der Waals surface area contributed by atoms with E-state index >= 15 is 0 Å². The van der Waals surface area contributed by atoms with Crippen molar-refractivity contribution in [2.24, 2.45) is 10.7 Å². The number of nitrogens with two attached hydrogens (primary N) is 1. The van der Waals surface area contributed by atoms with E-state index in [-0.39, 0.29) is 0 Å². The molecule has 1 amide bonds. The number of hydrogen-bond donors (Lipinski definition) is 3. The molecule has 0 spiro atoms. The lowest BCUT2D eigenvalue weighted by Crippen LogP contribution is -2.37. The molecule has 5 nitrogen and oxygen atoms in total. The summed E-state index contributed by atoms with van der Waals surface area (Å²) in [5.74, 6) is 0.321. The van der Waals surface area contributed by atoms with Crippen LogP contribution in [-0.2, 0) is 13.0 Å². The van der Waals surface area contributed by atoms with Crippen molar-refractivity contribution in [1.82, 2.24) is 10.6 Å². The highest BCUT2D eigenvalue weighted by Crippen LogP contribution is 2.08. The van der Waals surface area contributed by atoms with Gasteiger partial charge in [0.25, 0.3) is 0 Å². The molecule has 0 bridgehead atoms. The van der Waals surface area contributed by atoms with Crippen LogP contribution in [0.25, 0.3) is 0 Å². The van der Waals surface area contributed by atoms with Gasteiger partial charge in [0.1, 0.15) is 0 Å². The molecule has 1 aromatic carbocycles. The van der Waals surface area contributed by atoms with E-state index in [2.05, 4.69) is 33.1 Å². The van der Waals surface area contributed by atoms with Crippen molar-refractivity contribution in [2.75, 3.05) is 13.6 Å². The largest absolute Gasteiger partial charge is 0.366 e. The maximum absolute atomic E-state index is 11.2. The molecule has 0 unspecified atom stereocenters. The monoisotopic (exact) mass is 316 g/mol. The number of amides is 1. The van der Waals surface area contributed by atoms with E-state index in [0.717, 1.165) is 24.5 Å². The third kappa shape index (κ3) is 4.89. The Morgan fingerprint density at radius 2 is 2.14 bits per heavy atom. The SMILES string of the molecule is CN=C(NCCc1cccs1)NCc1cccc(C(N)=O)c1. The average Bonchev–Trinajstić information content (AvgIpc) is 3.04. The first kappa shape index (κ1) is 16.0. The van der Waals surface area contributed by atoms with Crippen LogP contribution >= 0.6 is 11.3 Å². The van der Waals surface area contributed by atoms with Crippen LogP contribution in [0.4, 0.5) is 0 Å². The Morgan fingerprint density at radius 3 is 2.82 bits per heavy atom. The van der Waals surface area contributed by atoms with Crippen LogP contribution in [-0.4, -0.2) is 25.5 Å².